The first-order valence-corrected chi connectivity index (χ1v) is 9.81. The van der Waals surface area contributed by atoms with E-state index < -0.39 is 5.60 Å². The molecular weight excluding hydrogens is 298 g/mol. The summed E-state index contributed by atoms with van der Waals surface area (Å²) in [7, 11) is 0. The fourth-order valence-corrected chi connectivity index (χ4v) is 5.07. The maximum absolute atomic E-state index is 11.6. The number of aliphatic hydroxyl groups excluding tert-OH is 1. The van der Waals surface area contributed by atoms with E-state index in [4.69, 9.17) is 0 Å². The van der Waals surface area contributed by atoms with Gasteiger partial charge in [-0.15, -0.1) is 0 Å². The summed E-state index contributed by atoms with van der Waals surface area (Å²) in [6.07, 6.45) is 9.45. The third-order valence-corrected chi connectivity index (χ3v) is 6.49. The highest BCUT2D eigenvalue weighted by Gasteiger charge is 2.51. The van der Waals surface area contributed by atoms with Crippen molar-refractivity contribution < 1.29 is 10.2 Å². The molecule has 1 atom stereocenters. The van der Waals surface area contributed by atoms with Gasteiger partial charge in [-0.1, -0.05) is 49.6 Å². The minimum absolute atomic E-state index is 0.136. The third kappa shape index (κ3) is 3.54. The quantitative estimate of drug-likeness (QED) is 0.804. The second kappa shape index (κ2) is 7.99. The van der Waals surface area contributed by atoms with Crippen LogP contribution < -0.4 is 0 Å². The molecule has 0 spiro atoms. The second-order valence-corrected chi connectivity index (χ2v) is 7.81. The minimum Gasteiger partial charge on any atom is -0.396 e. The van der Waals surface area contributed by atoms with E-state index in [1.165, 1.54) is 37.9 Å². The van der Waals surface area contributed by atoms with Crippen molar-refractivity contribution in [1.82, 2.24) is 4.90 Å². The van der Waals surface area contributed by atoms with Gasteiger partial charge in [-0.25, -0.2) is 0 Å². The SMILES string of the molecule is OCCC(CCN1CCCCC1)(c1ccccc1)C1(O)CCCC1. The highest BCUT2D eigenvalue weighted by molar-refractivity contribution is 5.31. The maximum Gasteiger partial charge on any atom is 0.0745 e. The number of benzene rings is 1. The topological polar surface area (TPSA) is 43.7 Å². The van der Waals surface area contributed by atoms with E-state index in [9.17, 15) is 10.2 Å². The van der Waals surface area contributed by atoms with Crippen molar-refractivity contribution in [3.8, 4) is 0 Å². The lowest BCUT2D eigenvalue weighted by atomic mass is 9.62. The van der Waals surface area contributed by atoms with Crippen molar-refractivity contribution in [3.05, 3.63) is 35.9 Å². The number of piperidine rings is 1. The van der Waals surface area contributed by atoms with Crippen LogP contribution in [-0.4, -0.2) is 47.0 Å². The molecule has 2 aliphatic rings. The van der Waals surface area contributed by atoms with Gasteiger partial charge in [0.1, 0.15) is 0 Å². The Morgan fingerprint density at radius 1 is 0.917 bits per heavy atom. The van der Waals surface area contributed by atoms with Crippen molar-refractivity contribution in [3.63, 3.8) is 0 Å². The number of hydrogen-bond donors (Lipinski definition) is 2. The van der Waals surface area contributed by atoms with Crippen LogP contribution in [0.5, 0.6) is 0 Å². The smallest absolute Gasteiger partial charge is 0.0745 e. The lowest BCUT2D eigenvalue weighted by molar-refractivity contribution is -0.0531. The van der Waals surface area contributed by atoms with E-state index in [-0.39, 0.29) is 12.0 Å². The van der Waals surface area contributed by atoms with Crippen molar-refractivity contribution in [2.24, 2.45) is 0 Å². The molecule has 3 nitrogen and oxygen atoms in total. The van der Waals surface area contributed by atoms with Gasteiger partial charge in [0, 0.05) is 12.0 Å². The summed E-state index contributed by atoms with van der Waals surface area (Å²) in [6.45, 7) is 3.53. The van der Waals surface area contributed by atoms with Crippen LogP contribution in [0.1, 0.15) is 63.4 Å². The van der Waals surface area contributed by atoms with E-state index in [1.807, 2.05) is 6.07 Å². The van der Waals surface area contributed by atoms with Crippen LogP contribution in [-0.2, 0) is 5.41 Å². The van der Waals surface area contributed by atoms with Gasteiger partial charge in [-0.2, -0.15) is 0 Å². The average molecular weight is 332 g/mol. The molecule has 24 heavy (non-hydrogen) atoms. The maximum atomic E-state index is 11.6. The number of rotatable bonds is 7. The molecule has 1 aliphatic carbocycles. The van der Waals surface area contributed by atoms with Crippen LogP contribution in [0, 0.1) is 0 Å². The molecule has 3 rings (SSSR count). The Morgan fingerprint density at radius 3 is 2.21 bits per heavy atom. The van der Waals surface area contributed by atoms with Crippen LogP contribution in [0.2, 0.25) is 0 Å². The fourth-order valence-electron chi connectivity index (χ4n) is 5.07. The molecule has 1 heterocycles. The molecule has 3 heteroatoms. The second-order valence-electron chi connectivity index (χ2n) is 7.81. The first kappa shape index (κ1) is 17.9. The van der Waals surface area contributed by atoms with Crippen LogP contribution in [0.4, 0.5) is 0 Å². The Morgan fingerprint density at radius 2 is 1.58 bits per heavy atom. The summed E-state index contributed by atoms with van der Waals surface area (Å²) in [5.74, 6) is 0. The van der Waals surface area contributed by atoms with Crippen LogP contribution in [0.15, 0.2) is 30.3 Å². The summed E-state index contributed by atoms with van der Waals surface area (Å²) in [6, 6.07) is 10.5. The Bertz CT molecular complexity index is 492. The Kier molecular flexibility index (Phi) is 5.96. The summed E-state index contributed by atoms with van der Waals surface area (Å²) < 4.78 is 0. The zero-order chi connectivity index (χ0) is 16.9. The largest absolute Gasteiger partial charge is 0.396 e. The number of aliphatic hydroxyl groups is 2. The third-order valence-electron chi connectivity index (χ3n) is 6.49. The molecule has 2 N–H and O–H groups in total. The fraction of sp³-hybridized carbons (Fsp3) is 0.714. The molecule has 1 aliphatic heterocycles. The molecule has 134 valence electrons. The predicted molar refractivity (Wildman–Crippen MR) is 98.1 cm³/mol. The molecule has 1 aromatic carbocycles. The summed E-state index contributed by atoms with van der Waals surface area (Å²) in [4.78, 5) is 2.55. The normalized spacial score (nSPS) is 23.9. The van der Waals surface area contributed by atoms with E-state index in [0.717, 1.165) is 38.6 Å². The molecule has 1 unspecified atom stereocenters. The summed E-state index contributed by atoms with van der Waals surface area (Å²) in [5.41, 5.74) is 0.213. The van der Waals surface area contributed by atoms with E-state index >= 15 is 0 Å². The standard InChI is InChI=1S/C21H33NO2/c23-18-14-20(19-9-3-1-4-10-19,21(24)11-5-6-12-21)13-17-22-15-7-2-8-16-22/h1,3-4,9-10,23-24H,2,5-8,11-18H2. The molecule has 0 aromatic heterocycles. The van der Waals surface area contributed by atoms with E-state index in [2.05, 4.69) is 29.2 Å². The number of likely N-dealkylation sites (tertiary alicyclic amines) is 1. The van der Waals surface area contributed by atoms with Crippen LogP contribution in [0.3, 0.4) is 0 Å². The zero-order valence-corrected chi connectivity index (χ0v) is 14.9. The molecule has 0 bridgehead atoms. The molecule has 2 fully saturated rings. The molecule has 0 amide bonds. The van der Waals surface area contributed by atoms with Gasteiger partial charge in [-0.05, 0) is 63.7 Å². The average Bonchev–Trinajstić information content (AvgIpc) is 3.08. The van der Waals surface area contributed by atoms with Crippen molar-refractivity contribution in [1.29, 1.82) is 0 Å². The van der Waals surface area contributed by atoms with Crippen LogP contribution >= 0.6 is 0 Å². The van der Waals surface area contributed by atoms with Crippen LogP contribution in [0.25, 0.3) is 0 Å². The minimum atomic E-state index is -0.674. The van der Waals surface area contributed by atoms with Gasteiger partial charge in [0.2, 0.25) is 0 Å². The highest BCUT2D eigenvalue weighted by atomic mass is 16.3. The number of nitrogens with zero attached hydrogens (tertiary/aromatic N) is 1. The van der Waals surface area contributed by atoms with E-state index in [0.29, 0.717) is 6.42 Å². The molecule has 1 saturated carbocycles. The zero-order valence-electron chi connectivity index (χ0n) is 14.9. The first-order chi connectivity index (χ1) is 11.7. The summed E-state index contributed by atoms with van der Waals surface area (Å²) in [5, 5.41) is 21.4. The van der Waals surface area contributed by atoms with Gasteiger partial charge in [0.05, 0.1) is 5.60 Å². The lowest BCUT2D eigenvalue weighted by Gasteiger charge is -2.47. The van der Waals surface area contributed by atoms with Crippen molar-refractivity contribution >= 4 is 0 Å². The Balaban J connectivity index is 1.88. The van der Waals surface area contributed by atoms with Gasteiger partial charge in [0.25, 0.3) is 0 Å². The Hall–Kier alpha value is -0.900. The molecule has 1 aromatic rings. The van der Waals surface area contributed by atoms with Crippen molar-refractivity contribution in [2.75, 3.05) is 26.2 Å². The summed E-state index contributed by atoms with van der Waals surface area (Å²) >= 11 is 0. The predicted octanol–water partition coefficient (Wildman–Crippen LogP) is 3.49. The van der Waals surface area contributed by atoms with Crippen molar-refractivity contribution in [2.45, 2.75) is 68.8 Å². The monoisotopic (exact) mass is 331 g/mol. The Labute approximate surface area is 146 Å². The first-order valence-electron chi connectivity index (χ1n) is 9.81. The molecular formula is C21H33NO2. The van der Waals surface area contributed by atoms with Gasteiger partial charge in [-0.3, -0.25) is 0 Å². The molecule has 1 saturated heterocycles. The highest BCUT2D eigenvalue weighted by Crippen LogP contribution is 2.50. The van der Waals surface area contributed by atoms with Gasteiger partial charge in [0.15, 0.2) is 0 Å². The van der Waals surface area contributed by atoms with Gasteiger partial charge < -0.3 is 15.1 Å². The van der Waals surface area contributed by atoms with Gasteiger partial charge >= 0.3 is 0 Å². The molecule has 0 radical (unpaired) electrons. The lowest BCUT2D eigenvalue weighted by Crippen LogP contribution is -2.52. The number of hydrogen-bond acceptors (Lipinski definition) is 3. The van der Waals surface area contributed by atoms with E-state index in [1.54, 1.807) is 0 Å².